The molecule has 12 heavy (non-hydrogen) atoms. The number of aryl methyl sites for hydroxylation is 1. The van der Waals surface area contributed by atoms with Gasteiger partial charge < -0.3 is 0 Å². The van der Waals surface area contributed by atoms with E-state index in [1.54, 1.807) is 13.0 Å². The number of rotatable bonds is 1. The van der Waals surface area contributed by atoms with Crippen LogP contribution in [0.3, 0.4) is 0 Å². The minimum Gasteiger partial charge on any atom is -0.189 e. The van der Waals surface area contributed by atoms with Gasteiger partial charge in [0.25, 0.3) is 0 Å². The van der Waals surface area contributed by atoms with Crippen molar-refractivity contribution in [3.63, 3.8) is 0 Å². The summed E-state index contributed by atoms with van der Waals surface area (Å²) in [6.45, 7) is 1.74. The Hall–Kier alpha value is -0.835. The highest BCUT2D eigenvalue weighted by atomic mass is 32.3. The zero-order valence-corrected chi connectivity index (χ0v) is 7.65. The zero-order valence-electron chi connectivity index (χ0n) is 6.83. The fourth-order valence-electron chi connectivity index (χ4n) is 0.866. The van der Waals surface area contributed by atoms with Gasteiger partial charge in [0.05, 0.1) is 4.90 Å². The van der Waals surface area contributed by atoms with Gasteiger partial charge in [-0.05, 0) is 19.1 Å². The smallest absolute Gasteiger partial charge is 0.189 e. The van der Waals surface area contributed by atoms with Gasteiger partial charge in [-0.2, -0.15) is 8.42 Å². The largest absolute Gasteiger partial charge is 0.332 e. The van der Waals surface area contributed by atoms with Gasteiger partial charge in [0.2, 0.25) is 0 Å². The van der Waals surface area contributed by atoms with E-state index in [1.165, 1.54) is 12.1 Å². The summed E-state index contributed by atoms with van der Waals surface area (Å²) in [5.74, 6) is 0. The van der Waals surface area contributed by atoms with Crippen molar-refractivity contribution in [2.24, 2.45) is 0 Å². The van der Waals surface area contributed by atoms with Gasteiger partial charge in [-0.1, -0.05) is 17.1 Å². The van der Waals surface area contributed by atoms with Crippen molar-refractivity contribution < 1.29 is 12.3 Å². The Morgan fingerprint density at radius 1 is 1.42 bits per heavy atom. The Kier molecular flexibility index (Phi) is 2.23. The van der Waals surface area contributed by atoms with Crippen LogP contribution in [-0.4, -0.2) is 16.3 Å². The standard InChI is InChI=1S/C7H8BFO2S/c1-5-4-6(12(9,10)11)2-3-7(5)8/h2-4H,8H2,1H3. The fraction of sp³-hybridized carbons (Fsp3) is 0.143. The Morgan fingerprint density at radius 2 is 2.00 bits per heavy atom. The molecule has 0 saturated carbocycles. The van der Waals surface area contributed by atoms with E-state index in [9.17, 15) is 12.3 Å². The lowest BCUT2D eigenvalue weighted by Crippen LogP contribution is -2.07. The highest BCUT2D eigenvalue weighted by Gasteiger charge is 2.11. The van der Waals surface area contributed by atoms with Crippen LogP contribution in [0.2, 0.25) is 0 Å². The third-order valence-corrected chi connectivity index (χ3v) is 2.58. The summed E-state index contributed by atoms with van der Waals surface area (Å²) in [5.41, 5.74) is 1.72. The lowest BCUT2D eigenvalue weighted by Gasteiger charge is -2.00. The van der Waals surface area contributed by atoms with Crippen LogP contribution >= 0.6 is 0 Å². The molecule has 5 heteroatoms. The first-order valence-electron chi connectivity index (χ1n) is 3.43. The van der Waals surface area contributed by atoms with E-state index < -0.39 is 10.2 Å². The quantitative estimate of drug-likeness (QED) is 0.453. The van der Waals surface area contributed by atoms with Gasteiger partial charge >= 0.3 is 10.2 Å². The molecule has 0 saturated heterocycles. The van der Waals surface area contributed by atoms with Crippen LogP contribution in [0.5, 0.6) is 0 Å². The van der Waals surface area contributed by atoms with Gasteiger partial charge in [0, 0.05) is 0 Å². The molecule has 0 amide bonds. The Bertz CT molecular complexity index is 400. The van der Waals surface area contributed by atoms with E-state index >= 15 is 0 Å². The van der Waals surface area contributed by atoms with Crippen LogP contribution in [0.25, 0.3) is 0 Å². The van der Waals surface area contributed by atoms with Gasteiger partial charge in [-0.3, -0.25) is 0 Å². The predicted molar refractivity (Wildman–Crippen MR) is 47.7 cm³/mol. The summed E-state index contributed by atoms with van der Waals surface area (Å²) in [7, 11) is -2.70. The first-order chi connectivity index (χ1) is 5.41. The fourth-order valence-corrected chi connectivity index (χ4v) is 1.41. The molecule has 0 atom stereocenters. The minimum absolute atomic E-state index is 0.273. The normalized spacial score (nSPS) is 11.5. The van der Waals surface area contributed by atoms with E-state index in [2.05, 4.69) is 0 Å². The van der Waals surface area contributed by atoms with Crippen LogP contribution in [0.1, 0.15) is 5.56 Å². The number of benzene rings is 1. The number of hydrogen-bond acceptors (Lipinski definition) is 2. The summed E-state index contributed by atoms with van der Waals surface area (Å²) in [6, 6.07) is 4.17. The van der Waals surface area contributed by atoms with Crippen molar-refractivity contribution in [1.29, 1.82) is 0 Å². The molecule has 0 radical (unpaired) electrons. The summed E-state index contributed by atoms with van der Waals surface area (Å²) >= 11 is 0. The summed E-state index contributed by atoms with van der Waals surface area (Å²) in [6.07, 6.45) is 0. The Balaban J connectivity index is 3.33. The molecule has 0 bridgehead atoms. The van der Waals surface area contributed by atoms with E-state index in [0.29, 0.717) is 0 Å². The van der Waals surface area contributed by atoms with E-state index in [-0.39, 0.29) is 4.90 Å². The second-order valence-electron chi connectivity index (χ2n) is 2.68. The Labute approximate surface area is 72.0 Å². The molecule has 1 aromatic carbocycles. The van der Waals surface area contributed by atoms with E-state index in [4.69, 9.17) is 0 Å². The van der Waals surface area contributed by atoms with Gasteiger partial charge in [0.15, 0.2) is 0 Å². The average Bonchev–Trinajstić information content (AvgIpc) is 1.92. The summed E-state index contributed by atoms with van der Waals surface area (Å²) < 4.78 is 33.3. The predicted octanol–water partition coefficient (Wildman–Crippen LogP) is -0.0884. The molecule has 0 aliphatic heterocycles. The number of halogens is 1. The highest BCUT2D eigenvalue weighted by Crippen LogP contribution is 2.11. The van der Waals surface area contributed by atoms with Gasteiger partial charge in [-0.25, -0.2) is 0 Å². The minimum atomic E-state index is -4.54. The van der Waals surface area contributed by atoms with E-state index in [0.717, 1.165) is 11.0 Å². The molecule has 0 aliphatic rings. The molecule has 0 N–H and O–H groups in total. The third kappa shape index (κ3) is 1.85. The van der Waals surface area contributed by atoms with Crippen LogP contribution < -0.4 is 5.46 Å². The van der Waals surface area contributed by atoms with Crippen molar-refractivity contribution in [1.82, 2.24) is 0 Å². The average molecular weight is 186 g/mol. The van der Waals surface area contributed by atoms with E-state index in [1.807, 2.05) is 7.85 Å². The number of hydrogen-bond donors (Lipinski definition) is 0. The monoisotopic (exact) mass is 186 g/mol. The first kappa shape index (κ1) is 9.25. The highest BCUT2D eigenvalue weighted by molar-refractivity contribution is 7.86. The molecule has 0 aromatic heterocycles. The maximum atomic E-state index is 12.4. The molecule has 1 rings (SSSR count). The lowest BCUT2D eigenvalue weighted by atomic mass is 9.92. The maximum absolute atomic E-state index is 12.4. The molecule has 0 heterocycles. The summed E-state index contributed by atoms with van der Waals surface area (Å²) in [5, 5.41) is 0. The molecule has 0 spiro atoms. The van der Waals surface area contributed by atoms with Crippen LogP contribution in [0.4, 0.5) is 3.89 Å². The molecular weight excluding hydrogens is 178 g/mol. The second-order valence-corrected chi connectivity index (χ2v) is 4.03. The van der Waals surface area contributed by atoms with Crippen molar-refractivity contribution in [3.8, 4) is 0 Å². The third-order valence-electron chi connectivity index (χ3n) is 1.76. The second kappa shape index (κ2) is 2.90. The molecular formula is C7H8BFO2S. The SMILES string of the molecule is Bc1ccc(S(=O)(=O)F)cc1C. The zero-order chi connectivity index (χ0) is 9.35. The maximum Gasteiger partial charge on any atom is 0.332 e. The van der Waals surface area contributed by atoms with Gasteiger partial charge in [-0.15, -0.1) is 3.89 Å². The molecule has 64 valence electrons. The van der Waals surface area contributed by atoms with Crippen LogP contribution in [0, 0.1) is 6.92 Å². The van der Waals surface area contributed by atoms with Crippen molar-refractivity contribution in [2.75, 3.05) is 0 Å². The lowest BCUT2D eigenvalue weighted by molar-refractivity contribution is 0.552. The van der Waals surface area contributed by atoms with Gasteiger partial charge in [0.1, 0.15) is 7.85 Å². The van der Waals surface area contributed by atoms with Crippen molar-refractivity contribution >= 4 is 23.5 Å². The van der Waals surface area contributed by atoms with Crippen LogP contribution in [-0.2, 0) is 10.2 Å². The molecule has 2 nitrogen and oxygen atoms in total. The molecule has 0 unspecified atom stereocenters. The first-order valence-corrected chi connectivity index (χ1v) is 4.81. The Morgan fingerprint density at radius 3 is 2.42 bits per heavy atom. The molecule has 0 fully saturated rings. The molecule has 1 aromatic rings. The topological polar surface area (TPSA) is 34.1 Å². The van der Waals surface area contributed by atoms with Crippen LogP contribution in [0.15, 0.2) is 23.1 Å². The van der Waals surface area contributed by atoms with Crippen molar-refractivity contribution in [2.45, 2.75) is 11.8 Å². The molecule has 0 aliphatic carbocycles. The van der Waals surface area contributed by atoms with Crippen molar-refractivity contribution in [3.05, 3.63) is 23.8 Å². The summed E-state index contributed by atoms with van der Waals surface area (Å²) in [4.78, 5) is -0.273.